The SMILES string of the molecule is CC(c1ccc(O)cc1)c1c(O)c(C2OC(CO)C(O)C(O)C2O)c(O)c2c(=O)cc(-c3ccc(O)cc3)oc12. The van der Waals surface area contributed by atoms with Gasteiger partial charge in [-0.3, -0.25) is 4.79 Å². The van der Waals surface area contributed by atoms with Gasteiger partial charge in [0.15, 0.2) is 5.43 Å². The van der Waals surface area contributed by atoms with Crippen molar-refractivity contribution in [3.63, 3.8) is 0 Å². The molecule has 6 unspecified atom stereocenters. The van der Waals surface area contributed by atoms with E-state index in [1.165, 1.54) is 36.4 Å². The van der Waals surface area contributed by atoms with Crippen LogP contribution in [-0.4, -0.2) is 71.9 Å². The highest BCUT2D eigenvalue weighted by Crippen LogP contribution is 2.50. The van der Waals surface area contributed by atoms with Crippen molar-refractivity contribution < 1.29 is 50.0 Å². The minimum absolute atomic E-state index is 0.00103. The molecular formula is C29H28O11. The zero-order chi connectivity index (χ0) is 28.9. The molecule has 11 heteroatoms. The number of aliphatic hydroxyl groups excluding tert-OH is 4. The third-order valence-electron chi connectivity index (χ3n) is 7.35. The molecule has 0 aliphatic carbocycles. The highest BCUT2D eigenvalue weighted by Gasteiger charge is 2.47. The van der Waals surface area contributed by atoms with Crippen molar-refractivity contribution in [1.29, 1.82) is 0 Å². The van der Waals surface area contributed by atoms with Crippen molar-refractivity contribution >= 4 is 11.0 Å². The smallest absolute Gasteiger partial charge is 0.197 e. The molecular weight excluding hydrogens is 524 g/mol. The molecule has 0 bridgehead atoms. The summed E-state index contributed by atoms with van der Waals surface area (Å²) >= 11 is 0. The predicted molar refractivity (Wildman–Crippen MR) is 141 cm³/mol. The van der Waals surface area contributed by atoms with E-state index in [1.54, 1.807) is 19.1 Å². The highest BCUT2D eigenvalue weighted by atomic mass is 16.5. The van der Waals surface area contributed by atoms with E-state index in [2.05, 4.69) is 0 Å². The maximum atomic E-state index is 13.5. The number of fused-ring (bicyclic) bond motifs is 1. The zero-order valence-electron chi connectivity index (χ0n) is 21.2. The second-order valence-electron chi connectivity index (χ2n) is 9.81. The minimum atomic E-state index is -1.85. The number of hydrogen-bond acceptors (Lipinski definition) is 11. The summed E-state index contributed by atoms with van der Waals surface area (Å²) in [5.41, 5.74) is -0.265. The Kier molecular flexibility index (Phi) is 7.17. The maximum absolute atomic E-state index is 13.5. The van der Waals surface area contributed by atoms with Crippen LogP contribution in [0, 0.1) is 0 Å². The summed E-state index contributed by atoms with van der Waals surface area (Å²) in [7, 11) is 0. The Morgan fingerprint density at radius 3 is 2.02 bits per heavy atom. The molecule has 40 heavy (non-hydrogen) atoms. The quantitative estimate of drug-likeness (QED) is 0.180. The van der Waals surface area contributed by atoms with Gasteiger partial charge in [-0.05, 0) is 42.0 Å². The van der Waals surface area contributed by atoms with Crippen molar-refractivity contribution in [2.75, 3.05) is 6.61 Å². The largest absolute Gasteiger partial charge is 0.508 e. The fourth-order valence-corrected chi connectivity index (χ4v) is 5.12. The lowest BCUT2D eigenvalue weighted by atomic mass is 9.84. The van der Waals surface area contributed by atoms with E-state index < -0.39 is 65.5 Å². The lowest BCUT2D eigenvalue weighted by Crippen LogP contribution is -2.55. The van der Waals surface area contributed by atoms with Crippen molar-refractivity contribution in [2.24, 2.45) is 0 Å². The number of aliphatic hydroxyl groups is 4. The van der Waals surface area contributed by atoms with Crippen molar-refractivity contribution in [2.45, 2.75) is 43.4 Å². The van der Waals surface area contributed by atoms with E-state index in [-0.39, 0.29) is 33.8 Å². The Morgan fingerprint density at radius 1 is 0.825 bits per heavy atom. The highest BCUT2D eigenvalue weighted by molar-refractivity contribution is 5.92. The number of phenols is 4. The Labute approximate surface area is 227 Å². The first-order chi connectivity index (χ1) is 19.0. The Hall–Kier alpha value is -4.13. The molecule has 1 saturated heterocycles. The molecule has 8 N–H and O–H groups in total. The Balaban J connectivity index is 1.81. The lowest BCUT2D eigenvalue weighted by molar-refractivity contribution is -0.232. The van der Waals surface area contributed by atoms with Gasteiger partial charge >= 0.3 is 0 Å². The third-order valence-corrected chi connectivity index (χ3v) is 7.35. The molecule has 5 rings (SSSR count). The van der Waals surface area contributed by atoms with Crippen LogP contribution in [0.2, 0.25) is 0 Å². The molecule has 4 aromatic rings. The second kappa shape index (κ2) is 10.5. The number of benzene rings is 3. The lowest BCUT2D eigenvalue weighted by Gasteiger charge is -2.40. The summed E-state index contributed by atoms with van der Waals surface area (Å²) in [6.07, 6.45) is -8.34. The summed E-state index contributed by atoms with van der Waals surface area (Å²) in [6.45, 7) is 0.938. The van der Waals surface area contributed by atoms with Crippen LogP contribution in [0.1, 0.15) is 35.6 Å². The van der Waals surface area contributed by atoms with Gasteiger partial charge in [0.25, 0.3) is 0 Å². The third kappa shape index (κ3) is 4.53. The van der Waals surface area contributed by atoms with Crippen LogP contribution in [0.4, 0.5) is 0 Å². The van der Waals surface area contributed by atoms with Gasteiger partial charge in [0.2, 0.25) is 0 Å². The van der Waals surface area contributed by atoms with Crippen molar-refractivity contribution in [3.05, 3.63) is 81.5 Å². The monoisotopic (exact) mass is 552 g/mol. The van der Waals surface area contributed by atoms with E-state index in [4.69, 9.17) is 9.15 Å². The molecule has 1 aromatic heterocycles. The first-order valence-electron chi connectivity index (χ1n) is 12.5. The van der Waals surface area contributed by atoms with Gasteiger partial charge in [0, 0.05) is 23.1 Å². The maximum Gasteiger partial charge on any atom is 0.197 e. The molecule has 0 spiro atoms. The minimum Gasteiger partial charge on any atom is -0.508 e. The molecule has 0 amide bonds. The molecule has 1 aliphatic heterocycles. The Morgan fingerprint density at radius 2 is 1.43 bits per heavy atom. The molecule has 0 radical (unpaired) electrons. The molecule has 3 aromatic carbocycles. The molecule has 2 heterocycles. The van der Waals surface area contributed by atoms with Crippen molar-refractivity contribution in [1.82, 2.24) is 0 Å². The van der Waals surface area contributed by atoms with Gasteiger partial charge in [-0.15, -0.1) is 0 Å². The van der Waals surface area contributed by atoms with E-state index in [9.17, 15) is 45.6 Å². The average molecular weight is 553 g/mol. The Bertz CT molecular complexity index is 1590. The standard InChI is InChI=1S/C29H28O11/c1-12(13-2-6-15(31)7-3-13)20-24(35)22(29-27(38)26(37)23(34)19(11-30)40-29)25(36)21-17(33)10-18(39-28(20)21)14-4-8-16(32)9-5-14/h2-10,12,19,23,26-27,29-32,34-38H,11H2,1H3. The summed E-state index contributed by atoms with van der Waals surface area (Å²) in [5.74, 6) is -2.03. The van der Waals surface area contributed by atoms with E-state index in [1.807, 2.05) is 0 Å². The van der Waals surface area contributed by atoms with Crippen molar-refractivity contribution in [3.8, 4) is 34.3 Å². The van der Waals surface area contributed by atoms with Crippen LogP contribution in [0.15, 0.2) is 63.8 Å². The number of rotatable bonds is 5. The fourth-order valence-electron chi connectivity index (χ4n) is 5.12. The van der Waals surface area contributed by atoms with Crippen LogP contribution in [0.5, 0.6) is 23.0 Å². The van der Waals surface area contributed by atoms with Gasteiger partial charge in [-0.2, -0.15) is 0 Å². The van der Waals surface area contributed by atoms with Crippen LogP contribution in [0.3, 0.4) is 0 Å². The number of ether oxygens (including phenoxy) is 1. The molecule has 1 aliphatic rings. The summed E-state index contributed by atoms with van der Waals surface area (Å²) in [4.78, 5) is 13.5. The first kappa shape index (κ1) is 27.4. The van der Waals surface area contributed by atoms with Gasteiger partial charge in [-0.1, -0.05) is 19.1 Å². The van der Waals surface area contributed by atoms with Crippen LogP contribution >= 0.6 is 0 Å². The molecule has 1 fully saturated rings. The van der Waals surface area contributed by atoms with Gasteiger partial charge in [0.05, 0.1) is 12.2 Å². The molecule has 11 nitrogen and oxygen atoms in total. The number of aromatic hydroxyl groups is 4. The van der Waals surface area contributed by atoms with Crippen LogP contribution in [0.25, 0.3) is 22.3 Å². The molecule has 210 valence electrons. The molecule has 6 atom stereocenters. The number of phenolic OH excluding ortho intramolecular Hbond substituents is 4. The summed E-state index contributed by atoms with van der Waals surface area (Å²) in [6, 6.07) is 13.0. The number of hydrogen-bond donors (Lipinski definition) is 8. The normalized spacial score (nSPS) is 23.8. The van der Waals surface area contributed by atoms with Gasteiger partial charge < -0.3 is 50.0 Å². The molecule has 0 saturated carbocycles. The van der Waals surface area contributed by atoms with Crippen LogP contribution in [-0.2, 0) is 4.74 Å². The van der Waals surface area contributed by atoms with E-state index >= 15 is 0 Å². The fraction of sp³-hybridized carbons (Fsp3) is 0.276. The summed E-state index contributed by atoms with van der Waals surface area (Å²) in [5, 5.41) is 83.0. The predicted octanol–water partition coefficient (Wildman–Crippen LogP) is 1.95. The first-order valence-corrected chi connectivity index (χ1v) is 12.5. The van der Waals surface area contributed by atoms with Gasteiger partial charge in [-0.25, -0.2) is 0 Å². The zero-order valence-corrected chi connectivity index (χ0v) is 21.2. The average Bonchev–Trinajstić information content (AvgIpc) is 2.93. The second-order valence-corrected chi connectivity index (χ2v) is 9.81. The van der Waals surface area contributed by atoms with E-state index in [0.717, 1.165) is 6.07 Å². The summed E-state index contributed by atoms with van der Waals surface area (Å²) < 4.78 is 11.7. The van der Waals surface area contributed by atoms with Gasteiger partial charge in [0.1, 0.15) is 70.2 Å². The van der Waals surface area contributed by atoms with Crippen LogP contribution < -0.4 is 5.43 Å². The topological polar surface area (TPSA) is 201 Å². The van der Waals surface area contributed by atoms with E-state index in [0.29, 0.717) is 11.1 Å².